The lowest BCUT2D eigenvalue weighted by molar-refractivity contribution is -0.144. The summed E-state index contributed by atoms with van der Waals surface area (Å²) in [6.07, 6.45) is 0.194. The fourth-order valence-corrected chi connectivity index (χ4v) is 3.03. The molecule has 24 heavy (non-hydrogen) atoms. The van der Waals surface area contributed by atoms with Gasteiger partial charge in [0, 0.05) is 9.79 Å². The summed E-state index contributed by atoms with van der Waals surface area (Å²) < 4.78 is 18.7. The zero-order valence-corrected chi connectivity index (χ0v) is 16.9. The summed E-state index contributed by atoms with van der Waals surface area (Å²) in [6.45, 7) is 12.2. The van der Waals surface area contributed by atoms with Gasteiger partial charge in [-0.2, -0.15) is 0 Å². The highest BCUT2D eigenvalue weighted by Crippen LogP contribution is 2.44. The van der Waals surface area contributed by atoms with E-state index in [1.165, 1.54) is 0 Å². The molecule has 1 fully saturated rings. The maximum absolute atomic E-state index is 12.2. The summed E-state index contributed by atoms with van der Waals surface area (Å²) in [7, 11) is -0.534. The molecule has 132 valence electrons. The summed E-state index contributed by atoms with van der Waals surface area (Å²) >= 11 is 3.45. The van der Waals surface area contributed by atoms with E-state index in [0.717, 1.165) is 10.0 Å². The Labute approximate surface area is 153 Å². The van der Waals surface area contributed by atoms with Crippen LogP contribution >= 0.6 is 15.9 Å². The minimum Gasteiger partial charge on any atom is -0.466 e. The van der Waals surface area contributed by atoms with Crippen LogP contribution in [-0.2, 0) is 24.2 Å². The molecule has 6 heteroatoms. The Morgan fingerprint density at radius 1 is 1.17 bits per heavy atom. The van der Waals surface area contributed by atoms with E-state index in [4.69, 9.17) is 14.0 Å². The molecule has 0 unspecified atom stereocenters. The smallest absolute Gasteiger partial charge is 0.466 e. The lowest BCUT2D eigenvalue weighted by atomic mass is 9.53. The molecular formula is C18H26BBrO4. The molecule has 4 nitrogen and oxygen atoms in total. The van der Waals surface area contributed by atoms with Crippen molar-refractivity contribution in [3.63, 3.8) is 0 Å². The molecule has 0 aliphatic carbocycles. The highest BCUT2D eigenvalue weighted by atomic mass is 79.9. The Kier molecular flexibility index (Phi) is 5.53. The molecule has 0 aromatic heterocycles. The van der Waals surface area contributed by atoms with Crippen molar-refractivity contribution in [2.75, 3.05) is 6.61 Å². The van der Waals surface area contributed by atoms with Crippen molar-refractivity contribution in [1.29, 1.82) is 0 Å². The molecule has 0 bridgehead atoms. The van der Waals surface area contributed by atoms with E-state index in [-0.39, 0.29) is 12.4 Å². The third kappa shape index (κ3) is 3.71. The molecule has 1 aromatic rings. The largest absolute Gasteiger partial charge is 0.469 e. The Bertz CT molecular complexity index is 584. The first-order valence-corrected chi connectivity index (χ1v) is 9.08. The Balaban J connectivity index is 2.40. The van der Waals surface area contributed by atoms with Gasteiger partial charge >= 0.3 is 13.1 Å². The standard InChI is InChI=1S/C18H26BBrO4/c1-7-22-15(21)12-18(6,13-8-10-14(20)11-9-13)19-23-16(2,3)17(4,5)24-19/h8-11H,7,12H2,1-6H3/t18-/m1/s1. The van der Waals surface area contributed by atoms with Crippen LogP contribution in [-0.4, -0.2) is 30.9 Å². The average Bonchev–Trinajstić information content (AvgIpc) is 2.68. The Hall–Kier alpha value is -0.845. The second kappa shape index (κ2) is 6.81. The summed E-state index contributed by atoms with van der Waals surface area (Å²) in [5.41, 5.74) is 0.0728. The van der Waals surface area contributed by atoms with Crippen molar-refractivity contribution >= 4 is 29.0 Å². The quantitative estimate of drug-likeness (QED) is 0.550. The van der Waals surface area contributed by atoms with Crippen LogP contribution in [0.1, 0.15) is 53.5 Å². The van der Waals surface area contributed by atoms with E-state index in [2.05, 4.69) is 15.9 Å². The molecule has 1 aromatic carbocycles. The number of benzene rings is 1. The molecule has 0 saturated carbocycles. The minimum absolute atomic E-state index is 0.194. The molecular weight excluding hydrogens is 371 g/mol. The minimum atomic E-state index is -0.641. The number of halogens is 1. The molecule has 0 amide bonds. The van der Waals surface area contributed by atoms with E-state index in [1.54, 1.807) is 0 Å². The van der Waals surface area contributed by atoms with Crippen LogP contribution in [0.15, 0.2) is 28.7 Å². The van der Waals surface area contributed by atoms with Crippen LogP contribution in [0, 0.1) is 0 Å². The van der Waals surface area contributed by atoms with Gasteiger partial charge in [0.15, 0.2) is 0 Å². The van der Waals surface area contributed by atoms with Crippen molar-refractivity contribution in [2.45, 2.75) is 64.5 Å². The Morgan fingerprint density at radius 3 is 2.12 bits per heavy atom. The molecule has 0 radical (unpaired) electrons. The summed E-state index contributed by atoms with van der Waals surface area (Å²) in [5.74, 6) is -0.252. The van der Waals surface area contributed by atoms with Crippen molar-refractivity contribution in [2.24, 2.45) is 0 Å². The van der Waals surface area contributed by atoms with Gasteiger partial charge in [-0.1, -0.05) is 35.0 Å². The van der Waals surface area contributed by atoms with Gasteiger partial charge < -0.3 is 14.0 Å². The van der Waals surface area contributed by atoms with Crippen molar-refractivity contribution < 1.29 is 18.8 Å². The maximum Gasteiger partial charge on any atom is 0.469 e. The van der Waals surface area contributed by atoms with Crippen molar-refractivity contribution in [1.82, 2.24) is 0 Å². The van der Waals surface area contributed by atoms with Crippen LogP contribution in [0.3, 0.4) is 0 Å². The van der Waals surface area contributed by atoms with E-state index < -0.39 is 23.6 Å². The van der Waals surface area contributed by atoms with Crippen LogP contribution in [0.4, 0.5) is 0 Å². The summed E-state index contributed by atoms with van der Waals surface area (Å²) in [4.78, 5) is 12.2. The first-order valence-electron chi connectivity index (χ1n) is 8.29. The van der Waals surface area contributed by atoms with Gasteiger partial charge in [0.05, 0.1) is 24.2 Å². The van der Waals surface area contributed by atoms with E-state index in [9.17, 15) is 4.79 Å². The average molecular weight is 397 g/mol. The second-order valence-electron chi connectivity index (χ2n) is 7.49. The van der Waals surface area contributed by atoms with Crippen LogP contribution in [0.2, 0.25) is 0 Å². The third-order valence-electron chi connectivity index (χ3n) is 5.09. The molecule has 1 atom stereocenters. The molecule has 2 rings (SSSR count). The maximum atomic E-state index is 12.2. The van der Waals surface area contributed by atoms with Crippen LogP contribution in [0.25, 0.3) is 0 Å². The predicted molar refractivity (Wildman–Crippen MR) is 98.8 cm³/mol. The lowest BCUT2D eigenvalue weighted by Crippen LogP contribution is -2.45. The molecule has 1 aliphatic rings. The number of carbonyl (C=O) groups is 1. The lowest BCUT2D eigenvalue weighted by Gasteiger charge is -2.32. The summed E-state index contributed by atoms with van der Waals surface area (Å²) in [6, 6.07) is 7.91. The van der Waals surface area contributed by atoms with Gasteiger partial charge in [-0.25, -0.2) is 0 Å². The normalized spacial score (nSPS) is 21.4. The van der Waals surface area contributed by atoms with E-state index >= 15 is 0 Å². The van der Waals surface area contributed by atoms with Gasteiger partial charge in [-0.15, -0.1) is 0 Å². The van der Waals surface area contributed by atoms with E-state index in [0.29, 0.717) is 6.61 Å². The number of rotatable bonds is 5. The van der Waals surface area contributed by atoms with Crippen LogP contribution < -0.4 is 0 Å². The second-order valence-corrected chi connectivity index (χ2v) is 8.41. The fourth-order valence-electron chi connectivity index (χ4n) is 2.77. The first-order chi connectivity index (χ1) is 11.0. The molecule has 0 spiro atoms. The van der Waals surface area contributed by atoms with Crippen molar-refractivity contribution in [3.8, 4) is 0 Å². The summed E-state index contributed by atoms with van der Waals surface area (Å²) in [5, 5.41) is -0.641. The highest BCUT2D eigenvalue weighted by molar-refractivity contribution is 9.10. The van der Waals surface area contributed by atoms with Crippen molar-refractivity contribution in [3.05, 3.63) is 34.3 Å². The monoisotopic (exact) mass is 396 g/mol. The van der Waals surface area contributed by atoms with Gasteiger partial charge in [-0.05, 0) is 52.3 Å². The topological polar surface area (TPSA) is 44.8 Å². The number of hydrogen-bond donors (Lipinski definition) is 0. The SMILES string of the molecule is CCOC(=O)C[C@@](C)(B1OC(C)(C)C(C)(C)O1)c1ccc(Br)cc1. The first kappa shape index (κ1) is 19.5. The van der Waals surface area contributed by atoms with E-state index in [1.807, 2.05) is 65.8 Å². The number of ether oxygens (including phenoxy) is 1. The molecule has 1 saturated heterocycles. The number of hydrogen-bond acceptors (Lipinski definition) is 4. The molecule has 1 aliphatic heterocycles. The van der Waals surface area contributed by atoms with Gasteiger partial charge in [-0.3, -0.25) is 4.79 Å². The third-order valence-corrected chi connectivity index (χ3v) is 5.62. The van der Waals surface area contributed by atoms with Gasteiger partial charge in [0.25, 0.3) is 0 Å². The highest BCUT2D eigenvalue weighted by Gasteiger charge is 2.59. The van der Waals surface area contributed by atoms with Crippen LogP contribution in [0.5, 0.6) is 0 Å². The zero-order valence-electron chi connectivity index (χ0n) is 15.3. The van der Waals surface area contributed by atoms with Gasteiger partial charge in [0.1, 0.15) is 0 Å². The zero-order chi connectivity index (χ0) is 18.2. The van der Waals surface area contributed by atoms with Gasteiger partial charge in [0.2, 0.25) is 0 Å². The fraction of sp³-hybridized carbons (Fsp3) is 0.611. The number of carbonyl (C=O) groups excluding carboxylic acids is 1. The number of esters is 1. The molecule has 1 heterocycles. The Morgan fingerprint density at radius 2 is 1.67 bits per heavy atom. The molecule has 0 N–H and O–H groups in total. The predicted octanol–water partition coefficient (Wildman–Crippen LogP) is 4.29.